The Morgan fingerprint density at radius 2 is 2.22 bits per heavy atom. The van der Waals surface area contributed by atoms with Gasteiger partial charge in [0.2, 0.25) is 5.91 Å². The maximum Gasteiger partial charge on any atom is 0.227 e. The monoisotopic (exact) mass is 243 g/mol. The predicted molar refractivity (Wildman–Crippen MR) is 71.5 cm³/mol. The number of imidazole rings is 1. The zero-order valence-electron chi connectivity index (χ0n) is 10.7. The number of hydrogen-bond acceptors (Lipinski definition) is 2. The molecule has 2 aromatic rings. The van der Waals surface area contributed by atoms with Crippen molar-refractivity contribution in [1.29, 1.82) is 0 Å². The number of amides is 1. The minimum Gasteiger partial charge on any atom is -0.328 e. The van der Waals surface area contributed by atoms with Crippen molar-refractivity contribution in [2.24, 2.45) is 5.92 Å². The summed E-state index contributed by atoms with van der Waals surface area (Å²) in [4.78, 5) is 16.1. The zero-order valence-corrected chi connectivity index (χ0v) is 10.7. The molecule has 0 unspecified atom stereocenters. The van der Waals surface area contributed by atoms with E-state index in [1.54, 1.807) is 0 Å². The van der Waals surface area contributed by atoms with Gasteiger partial charge >= 0.3 is 0 Å². The average Bonchev–Trinajstić information content (AvgIpc) is 3.09. The van der Waals surface area contributed by atoms with Crippen LogP contribution in [0, 0.1) is 5.92 Å². The predicted octanol–water partition coefficient (Wildman–Crippen LogP) is 2.97. The van der Waals surface area contributed by atoms with Crippen molar-refractivity contribution in [3.63, 3.8) is 0 Å². The Bertz CT molecular complexity index is 596. The highest BCUT2D eigenvalue weighted by molar-refractivity contribution is 5.95. The second-order valence-corrected chi connectivity index (χ2v) is 5.21. The molecule has 1 heterocycles. The van der Waals surface area contributed by atoms with E-state index in [1.807, 2.05) is 24.5 Å². The molecule has 1 N–H and O–H groups in total. The van der Waals surface area contributed by atoms with Gasteiger partial charge in [0, 0.05) is 17.6 Å². The third-order valence-electron chi connectivity index (χ3n) is 3.35. The summed E-state index contributed by atoms with van der Waals surface area (Å²) in [6.07, 6.45) is 3.90. The van der Waals surface area contributed by atoms with Crippen LogP contribution in [0.4, 0.5) is 5.69 Å². The summed E-state index contributed by atoms with van der Waals surface area (Å²) in [5.41, 5.74) is 2.88. The molecular formula is C14H17N3O. The number of carbonyl (C=O) groups excluding carboxylic acids is 1. The molecule has 1 aromatic heterocycles. The molecule has 1 fully saturated rings. The molecule has 4 nitrogen and oxygen atoms in total. The molecule has 18 heavy (non-hydrogen) atoms. The van der Waals surface area contributed by atoms with E-state index in [0.717, 1.165) is 29.6 Å². The lowest BCUT2D eigenvalue weighted by molar-refractivity contribution is -0.117. The van der Waals surface area contributed by atoms with Crippen molar-refractivity contribution in [3.8, 4) is 0 Å². The molecule has 3 rings (SSSR count). The molecule has 1 saturated carbocycles. The highest BCUT2D eigenvalue weighted by Gasteiger charge is 2.29. The maximum absolute atomic E-state index is 11.7. The molecule has 0 radical (unpaired) electrons. The topological polar surface area (TPSA) is 46.9 Å². The van der Waals surface area contributed by atoms with E-state index < -0.39 is 0 Å². The van der Waals surface area contributed by atoms with Crippen LogP contribution < -0.4 is 5.32 Å². The van der Waals surface area contributed by atoms with Crippen molar-refractivity contribution in [2.45, 2.75) is 32.7 Å². The molecule has 94 valence electrons. The Balaban J connectivity index is 1.89. The van der Waals surface area contributed by atoms with E-state index in [9.17, 15) is 4.79 Å². The van der Waals surface area contributed by atoms with Gasteiger partial charge in [0.15, 0.2) is 0 Å². The third kappa shape index (κ3) is 1.98. The lowest BCUT2D eigenvalue weighted by Gasteiger charge is -2.08. The van der Waals surface area contributed by atoms with E-state index in [4.69, 9.17) is 0 Å². The number of fused-ring (bicyclic) bond motifs is 1. The molecule has 1 aliphatic rings. The van der Waals surface area contributed by atoms with Crippen molar-refractivity contribution < 1.29 is 4.79 Å². The van der Waals surface area contributed by atoms with Crippen LogP contribution >= 0.6 is 0 Å². The summed E-state index contributed by atoms with van der Waals surface area (Å²) in [6.45, 7) is 4.26. The second kappa shape index (κ2) is 4.12. The lowest BCUT2D eigenvalue weighted by Crippen LogP contribution is -2.13. The number of nitrogens with zero attached hydrogens (tertiary/aromatic N) is 2. The van der Waals surface area contributed by atoms with Gasteiger partial charge in [0.05, 0.1) is 17.4 Å². The Morgan fingerprint density at radius 3 is 2.89 bits per heavy atom. The van der Waals surface area contributed by atoms with Gasteiger partial charge < -0.3 is 9.88 Å². The first-order valence-electron chi connectivity index (χ1n) is 6.42. The van der Waals surface area contributed by atoms with Gasteiger partial charge in [0.1, 0.15) is 0 Å². The van der Waals surface area contributed by atoms with Crippen molar-refractivity contribution in [1.82, 2.24) is 9.55 Å². The average molecular weight is 243 g/mol. The van der Waals surface area contributed by atoms with E-state index >= 15 is 0 Å². The Labute approximate surface area is 106 Å². The summed E-state index contributed by atoms with van der Waals surface area (Å²) in [7, 11) is 0. The quantitative estimate of drug-likeness (QED) is 0.900. The molecule has 1 aromatic carbocycles. The van der Waals surface area contributed by atoms with Gasteiger partial charge in [-0.2, -0.15) is 0 Å². The van der Waals surface area contributed by atoms with Crippen LogP contribution in [-0.4, -0.2) is 15.5 Å². The molecule has 0 atom stereocenters. The molecule has 1 aliphatic carbocycles. The van der Waals surface area contributed by atoms with Gasteiger partial charge in [-0.1, -0.05) is 0 Å². The van der Waals surface area contributed by atoms with Crippen LogP contribution in [0.25, 0.3) is 11.0 Å². The molecule has 0 saturated heterocycles. The number of aromatic nitrogens is 2. The highest BCUT2D eigenvalue weighted by atomic mass is 16.2. The Morgan fingerprint density at radius 1 is 1.44 bits per heavy atom. The maximum atomic E-state index is 11.7. The summed E-state index contributed by atoms with van der Waals surface area (Å²) < 4.78 is 2.13. The molecule has 4 heteroatoms. The summed E-state index contributed by atoms with van der Waals surface area (Å²) in [6, 6.07) is 6.30. The molecule has 1 amide bonds. The van der Waals surface area contributed by atoms with Crippen LogP contribution in [-0.2, 0) is 4.79 Å². The van der Waals surface area contributed by atoms with E-state index in [1.165, 1.54) is 0 Å². The smallest absolute Gasteiger partial charge is 0.227 e. The van der Waals surface area contributed by atoms with Gasteiger partial charge in [-0.15, -0.1) is 0 Å². The van der Waals surface area contributed by atoms with Crippen LogP contribution in [0.3, 0.4) is 0 Å². The lowest BCUT2D eigenvalue weighted by atomic mass is 10.2. The fourth-order valence-corrected chi connectivity index (χ4v) is 2.11. The van der Waals surface area contributed by atoms with Crippen molar-refractivity contribution >= 4 is 22.6 Å². The summed E-state index contributed by atoms with van der Waals surface area (Å²) >= 11 is 0. The van der Waals surface area contributed by atoms with Gasteiger partial charge in [0.25, 0.3) is 0 Å². The number of hydrogen-bond donors (Lipinski definition) is 1. The van der Waals surface area contributed by atoms with Gasteiger partial charge in [-0.3, -0.25) is 4.79 Å². The standard InChI is InChI=1S/C14H17N3O/c1-9(2)17-8-15-12-7-11(5-6-13(12)17)16-14(18)10-3-4-10/h5-10H,3-4H2,1-2H3,(H,16,18). The second-order valence-electron chi connectivity index (χ2n) is 5.21. The summed E-state index contributed by atoms with van der Waals surface area (Å²) in [5.74, 6) is 0.367. The van der Waals surface area contributed by atoms with E-state index in [-0.39, 0.29) is 11.8 Å². The van der Waals surface area contributed by atoms with Gasteiger partial charge in [-0.25, -0.2) is 4.98 Å². The molecule has 0 spiro atoms. The first kappa shape index (κ1) is 11.3. The number of rotatable bonds is 3. The number of anilines is 1. The van der Waals surface area contributed by atoms with Gasteiger partial charge in [-0.05, 0) is 44.9 Å². The third-order valence-corrected chi connectivity index (χ3v) is 3.35. The van der Waals surface area contributed by atoms with E-state index in [2.05, 4.69) is 28.7 Å². The van der Waals surface area contributed by atoms with E-state index in [0.29, 0.717) is 6.04 Å². The molecular weight excluding hydrogens is 226 g/mol. The normalized spacial score (nSPS) is 15.3. The Kier molecular flexibility index (Phi) is 2.58. The highest BCUT2D eigenvalue weighted by Crippen LogP contribution is 2.30. The Hall–Kier alpha value is -1.84. The van der Waals surface area contributed by atoms with Crippen LogP contribution in [0.2, 0.25) is 0 Å². The van der Waals surface area contributed by atoms with Crippen LogP contribution in [0.5, 0.6) is 0 Å². The fourth-order valence-electron chi connectivity index (χ4n) is 2.11. The zero-order chi connectivity index (χ0) is 12.7. The number of carbonyl (C=O) groups is 1. The first-order chi connectivity index (χ1) is 8.65. The minimum atomic E-state index is 0.137. The SMILES string of the molecule is CC(C)n1cnc2cc(NC(=O)C3CC3)ccc21. The molecule has 0 bridgehead atoms. The molecule has 0 aliphatic heterocycles. The first-order valence-corrected chi connectivity index (χ1v) is 6.42. The minimum absolute atomic E-state index is 0.137. The van der Waals surface area contributed by atoms with Crippen molar-refractivity contribution in [2.75, 3.05) is 5.32 Å². The number of benzene rings is 1. The summed E-state index contributed by atoms with van der Waals surface area (Å²) in [5, 5.41) is 2.95. The van der Waals surface area contributed by atoms with Crippen molar-refractivity contribution in [3.05, 3.63) is 24.5 Å². The van der Waals surface area contributed by atoms with Crippen LogP contribution in [0.15, 0.2) is 24.5 Å². The fraction of sp³-hybridized carbons (Fsp3) is 0.429. The van der Waals surface area contributed by atoms with Crippen LogP contribution in [0.1, 0.15) is 32.7 Å². The largest absolute Gasteiger partial charge is 0.328 e. The number of nitrogens with one attached hydrogen (secondary N) is 1.